The van der Waals surface area contributed by atoms with Crippen molar-refractivity contribution in [3.63, 3.8) is 0 Å². The Balaban J connectivity index is 0. The zero-order valence-corrected chi connectivity index (χ0v) is 10.0. The van der Waals surface area contributed by atoms with E-state index >= 15 is 0 Å². The maximum absolute atomic E-state index is 8.63. The van der Waals surface area contributed by atoms with E-state index in [0.717, 1.165) is 13.2 Å². The summed E-state index contributed by atoms with van der Waals surface area (Å²) in [5.74, 6) is 0.322. The minimum absolute atomic E-state index is 0. The maximum atomic E-state index is 8.63. The summed E-state index contributed by atoms with van der Waals surface area (Å²) in [6, 6.07) is 8.71. The standard InChI is InChI=1S/C6H6O.C6H10O.C2H4O.K.H/c7-6-4-2-1-3-5-6;1-3-5-7-6-4-2;1-2-3-1;;/h1-5,7H;3-4H,1-2,5-6H2;1-2H2;;. The minimum atomic E-state index is 0. The molecule has 1 fully saturated rings. The van der Waals surface area contributed by atoms with Gasteiger partial charge in [0.15, 0.2) is 0 Å². The number of ether oxygens (including phenoxy) is 2. The van der Waals surface area contributed by atoms with Crippen molar-refractivity contribution in [2.24, 2.45) is 0 Å². The Bertz CT molecular complexity index is 276. The molecule has 1 aliphatic rings. The van der Waals surface area contributed by atoms with Crippen LogP contribution in [0.25, 0.3) is 0 Å². The molecule has 4 heteroatoms. The zero-order valence-electron chi connectivity index (χ0n) is 10.0. The van der Waals surface area contributed by atoms with Crippen LogP contribution in [0.4, 0.5) is 0 Å². The van der Waals surface area contributed by atoms with E-state index in [1.165, 1.54) is 0 Å². The van der Waals surface area contributed by atoms with Crippen molar-refractivity contribution in [1.29, 1.82) is 0 Å². The molecule has 0 spiro atoms. The summed E-state index contributed by atoms with van der Waals surface area (Å²) in [7, 11) is 0. The number of hydrogen-bond acceptors (Lipinski definition) is 3. The van der Waals surface area contributed by atoms with Crippen molar-refractivity contribution < 1.29 is 14.6 Å². The van der Waals surface area contributed by atoms with Gasteiger partial charge in [0.1, 0.15) is 5.75 Å². The molecule has 18 heavy (non-hydrogen) atoms. The van der Waals surface area contributed by atoms with Crippen LogP contribution < -0.4 is 0 Å². The number of epoxide rings is 1. The SMILES string of the molecule is C1CO1.C=CCOCC=C.Oc1ccccc1.[KH]. The van der Waals surface area contributed by atoms with Gasteiger partial charge in [0.2, 0.25) is 0 Å². The summed E-state index contributed by atoms with van der Waals surface area (Å²) in [6.45, 7) is 10.2. The molecule has 0 bridgehead atoms. The van der Waals surface area contributed by atoms with Crippen LogP contribution in [0.5, 0.6) is 5.75 Å². The molecule has 0 saturated carbocycles. The molecule has 1 aromatic rings. The van der Waals surface area contributed by atoms with Gasteiger partial charge >= 0.3 is 51.4 Å². The summed E-state index contributed by atoms with van der Waals surface area (Å²) in [5.41, 5.74) is 0. The van der Waals surface area contributed by atoms with E-state index in [1.54, 1.807) is 36.4 Å². The second-order valence-corrected chi connectivity index (χ2v) is 3.06. The van der Waals surface area contributed by atoms with Gasteiger partial charge in [-0.2, -0.15) is 0 Å². The molecule has 1 aromatic carbocycles. The molecule has 1 N–H and O–H groups in total. The van der Waals surface area contributed by atoms with Crippen LogP contribution in [-0.4, -0.2) is 82.9 Å². The predicted octanol–water partition coefficient (Wildman–Crippen LogP) is 2.14. The van der Waals surface area contributed by atoms with Gasteiger partial charge in [-0.25, -0.2) is 0 Å². The second kappa shape index (κ2) is 17.1. The molecule has 0 aliphatic carbocycles. The first-order valence-electron chi connectivity index (χ1n) is 5.42. The second-order valence-electron chi connectivity index (χ2n) is 3.06. The van der Waals surface area contributed by atoms with Gasteiger partial charge in [-0.05, 0) is 12.1 Å². The predicted molar refractivity (Wildman–Crippen MR) is 77.3 cm³/mol. The molecular formula is C14H21KO3. The first-order valence-corrected chi connectivity index (χ1v) is 5.42. The third-order valence-corrected chi connectivity index (χ3v) is 1.43. The fourth-order valence-electron chi connectivity index (χ4n) is 0.663. The number of aromatic hydroxyl groups is 1. The summed E-state index contributed by atoms with van der Waals surface area (Å²) >= 11 is 0. The molecule has 3 nitrogen and oxygen atoms in total. The van der Waals surface area contributed by atoms with E-state index in [2.05, 4.69) is 17.9 Å². The van der Waals surface area contributed by atoms with Gasteiger partial charge in [-0.3, -0.25) is 0 Å². The zero-order chi connectivity index (χ0) is 12.8. The van der Waals surface area contributed by atoms with Crippen molar-refractivity contribution in [2.75, 3.05) is 26.4 Å². The van der Waals surface area contributed by atoms with Crippen LogP contribution in [0.1, 0.15) is 0 Å². The van der Waals surface area contributed by atoms with Gasteiger partial charge in [0, 0.05) is 0 Å². The van der Waals surface area contributed by atoms with Crippen LogP contribution in [0.3, 0.4) is 0 Å². The fraction of sp³-hybridized carbons (Fsp3) is 0.286. The Kier molecular flexibility index (Phi) is 19.3. The van der Waals surface area contributed by atoms with Crippen LogP contribution in [0.15, 0.2) is 55.6 Å². The number of benzene rings is 1. The topological polar surface area (TPSA) is 42.0 Å². The fourth-order valence-corrected chi connectivity index (χ4v) is 0.663. The van der Waals surface area contributed by atoms with Crippen molar-refractivity contribution in [3.05, 3.63) is 55.6 Å². The van der Waals surface area contributed by atoms with E-state index < -0.39 is 0 Å². The van der Waals surface area contributed by atoms with Crippen molar-refractivity contribution in [1.82, 2.24) is 0 Å². The Labute approximate surface area is 152 Å². The van der Waals surface area contributed by atoms with Gasteiger partial charge < -0.3 is 14.6 Å². The van der Waals surface area contributed by atoms with Crippen molar-refractivity contribution in [3.8, 4) is 5.75 Å². The van der Waals surface area contributed by atoms with E-state index in [4.69, 9.17) is 9.84 Å². The molecule has 96 valence electrons. The molecule has 1 heterocycles. The number of phenolic OH excluding ortho intramolecular Hbond substituents is 1. The Morgan fingerprint density at radius 1 is 1.11 bits per heavy atom. The first-order chi connectivity index (χ1) is 8.31. The van der Waals surface area contributed by atoms with Crippen LogP contribution in [0.2, 0.25) is 0 Å². The first kappa shape index (κ1) is 20.4. The van der Waals surface area contributed by atoms with E-state index in [9.17, 15) is 0 Å². The number of hydrogen-bond donors (Lipinski definition) is 1. The van der Waals surface area contributed by atoms with Gasteiger partial charge in [-0.1, -0.05) is 30.4 Å². The average Bonchev–Trinajstić information content (AvgIpc) is 3.19. The summed E-state index contributed by atoms with van der Waals surface area (Å²) < 4.78 is 9.40. The normalized spacial score (nSPS) is 10.4. The van der Waals surface area contributed by atoms with Gasteiger partial charge in [0.25, 0.3) is 0 Å². The summed E-state index contributed by atoms with van der Waals surface area (Å²) in [4.78, 5) is 0. The Morgan fingerprint density at radius 3 is 1.78 bits per heavy atom. The van der Waals surface area contributed by atoms with Crippen molar-refractivity contribution >= 4 is 51.4 Å². The molecule has 2 rings (SSSR count). The third kappa shape index (κ3) is 21.4. The number of rotatable bonds is 4. The molecule has 1 aliphatic heterocycles. The molecule has 0 aromatic heterocycles. The van der Waals surface area contributed by atoms with Crippen LogP contribution >= 0.6 is 0 Å². The van der Waals surface area contributed by atoms with Gasteiger partial charge in [-0.15, -0.1) is 13.2 Å². The average molecular weight is 276 g/mol. The van der Waals surface area contributed by atoms with Crippen LogP contribution in [-0.2, 0) is 9.47 Å². The summed E-state index contributed by atoms with van der Waals surface area (Å²) in [5, 5.41) is 8.63. The summed E-state index contributed by atoms with van der Waals surface area (Å²) in [6.07, 6.45) is 3.42. The Morgan fingerprint density at radius 2 is 1.56 bits per heavy atom. The van der Waals surface area contributed by atoms with E-state index in [-0.39, 0.29) is 51.4 Å². The Hall–Kier alpha value is 0.0564. The molecule has 0 radical (unpaired) electrons. The van der Waals surface area contributed by atoms with E-state index in [0.29, 0.717) is 19.0 Å². The molecule has 0 amide bonds. The monoisotopic (exact) mass is 276 g/mol. The number of phenols is 1. The van der Waals surface area contributed by atoms with E-state index in [1.807, 2.05) is 6.07 Å². The van der Waals surface area contributed by atoms with Crippen molar-refractivity contribution in [2.45, 2.75) is 0 Å². The molecule has 1 saturated heterocycles. The molecular weight excluding hydrogens is 255 g/mol. The molecule has 0 unspecified atom stereocenters. The van der Waals surface area contributed by atoms with Gasteiger partial charge in [0.05, 0.1) is 26.4 Å². The number of para-hydroxylation sites is 1. The van der Waals surface area contributed by atoms with Crippen LogP contribution in [0, 0.1) is 0 Å². The molecule has 0 atom stereocenters. The quantitative estimate of drug-likeness (QED) is 0.396. The third-order valence-electron chi connectivity index (χ3n) is 1.43.